The van der Waals surface area contributed by atoms with E-state index in [1.165, 1.54) is 0 Å². The molecule has 2 unspecified atom stereocenters. The summed E-state index contributed by atoms with van der Waals surface area (Å²) in [5.41, 5.74) is 1.84. The van der Waals surface area contributed by atoms with E-state index in [4.69, 9.17) is 14.9 Å². The van der Waals surface area contributed by atoms with Crippen LogP contribution < -0.4 is 15.0 Å². The van der Waals surface area contributed by atoms with E-state index in [1.54, 1.807) is 12.4 Å². The van der Waals surface area contributed by atoms with Crippen LogP contribution in [0.25, 0.3) is 0 Å². The molecular weight excluding hydrogens is 328 g/mol. The molecule has 2 fully saturated rings. The Bertz CT molecular complexity index is 830. The fourth-order valence-corrected chi connectivity index (χ4v) is 3.67. The van der Waals surface area contributed by atoms with Gasteiger partial charge in [-0.25, -0.2) is 9.97 Å². The molecule has 2 bridgehead atoms. The van der Waals surface area contributed by atoms with E-state index in [2.05, 4.69) is 14.9 Å². The molecule has 2 saturated heterocycles. The topological polar surface area (TPSA) is 71.3 Å². The highest BCUT2D eigenvalue weighted by atomic mass is 16.5. The van der Waals surface area contributed by atoms with E-state index >= 15 is 0 Å². The maximum Gasteiger partial charge on any atom is 0.132 e. The Morgan fingerprint density at radius 2 is 1.92 bits per heavy atom. The lowest BCUT2D eigenvalue weighted by Gasteiger charge is -2.33. The van der Waals surface area contributed by atoms with Gasteiger partial charge in [0.05, 0.1) is 29.9 Å². The van der Waals surface area contributed by atoms with Gasteiger partial charge in [0.2, 0.25) is 0 Å². The van der Waals surface area contributed by atoms with Crippen LogP contribution in [0.4, 0.5) is 5.82 Å². The zero-order valence-corrected chi connectivity index (χ0v) is 15.0. The number of aromatic nitrogens is 2. The van der Waals surface area contributed by atoms with Crippen molar-refractivity contribution in [1.29, 1.82) is 5.41 Å². The van der Waals surface area contributed by atoms with Crippen molar-refractivity contribution in [2.75, 3.05) is 24.6 Å². The molecule has 1 N–H and O–H groups in total. The largest absolute Gasteiger partial charge is 0.494 e. The van der Waals surface area contributed by atoms with Crippen LogP contribution in [-0.4, -0.2) is 41.9 Å². The number of nitrogens with zero attached hydrogens (tertiary/aromatic N) is 3. The molecule has 26 heavy (non-hydrogen) atoms. The van der Waals surface area contributed by atoms with Crippen molar-refractivity contribution in [2.45, 2.75) is 38.4 Å². The summed E-state index contributed by atoms with van der Waals surface area (Å²) >= 11 is 0. The third-order valence-corrected chi connectivity index (χ3v) is 4.97. The number of morpholine rings is 1. The Morgan fingerprint density at radius 3 is 2.69 bits per heavy atom. The standard InChI is InChI=1S/C20H24N4O2/c1-2-25-16-4-3-14(19(21)8-7-16)9-15-10-20(23-13-22-15)24-11-17-5-6-18(12-24)26-17/h3-4,7-8,10,13,17-18,21H,2,5-6,9,11-12H2,1H3. The zero-order chi connectivity index (χ0) is 17.9. The van der Waals surface area contributed by atoms with Gasteiger partial charge in [-0.15, -0.1) is 0 Å². The number of hydrogen-bond donors (Lipinski definition) is 1. The molecule has 0 saturated carbocycles. The summed E-state index contributed by atoms with van der Waals surface area (Å²) in [6.45, 7) is 4.36. The summed E-state index contributed by atoms with van der Waals surface area (Å²) in [5, 5.41) is 8.74. The van der Waals surface area contributed by atoms with Gasteiger partial charge in [0.15, 0.2) is 0 Å². The SMILES string of the molecule is CCOc1ccc(Cc2cc(N3CC4CCC(C3)O4)ncn2)c(=N)cc1. The molecule has 0 aliphatic carbocycles. The van der Waals surface area contributed by atoms with E-state index < -0.39 is 0 Å². The van der Waals surface area contributed by atoms with Gasteiger partial charge in [-0.3, -0.25) is 0 Å². The van der Waals surface area contributed by atoms with Crippen molar-refractivity contribution in [2.24, 2.45) is 0 Å². The van der Waals surface area contributed by atoms with Crippen molar-refractivity contribution in [1.82, 2.24) is 9.97 Å². The number of rotatable bonds is 5. The first kappa shape index (κ1) is 17.0. The molecule has 2 atom stereocenters. The Morgan fingerprint density at radius 1 is 1.15 bits per heavy atom. The van der Waals surface area contributed by atoms with Gasteiger partial charge in [-0.05, 0) is 43.5 Å². The lowest BCUT2D eigenvalue weighted by molar-refractivity contribution is 0.0302. The minimum atomic E-state index is 0.331. The summed E-state index contributed by atoms with van der Waals surface area (Å²) in [6, 6.07) is 9.52. The summed E-state index contributed by atoms with van der Waals surface area (Å²) < 4.78 is 11.4. The van der Waals surface area contributed by atoms with Crippen LogP contribution in [0.15, 0.2) is 36.7 Å². The third-order valence-electron chi connectivity index (χ3n) is 4.97. The second kappa shape index (κ2) is 7.41. The van der Waals surface area contributed by atoms with Crippen molar-refractivity contribution >= 4 is 5.82 Å². The highest BCUT2D eigenvalue weighted by Crippen LogP contribution is 2.28. The van der Waals surface area contributed by atoms with Gasteiger partial charge in [-0.1, -0.05) is 6.07 Å². The second-order valence-corrected chi connectivity index (χ2v) is 6.85. The molecular formula is C20H24N4O2. The monoisotopic (exact) mass is 352 g/mol. The van der Waals surface area contributed by atoms with Gasteiger partial charge in [0, 0.05) is 25.6 Å². The fraction of sp³-hybridized carbons (Fsp3) is 0.450. The van der Waals surface area contributed by atoms with E-state index in [0.717, 1.165) is 48.8 Å². The maximum absolute atomic E-state index is 8.25. The average Bonchev–Trinajstić information content (AvgIpc) is 2.90. The number of nitrogens with one attached hydrogen (secondary N) is 1. The minimum Gasteiger partial charge on any atom is -0.494 e. The average molecular weight is 352 g/mol. The van der Waals surface area contributed by atoms with Crippen molar-refractivity contribution in [3.8, 4) is 5.75 Å². The zero-order valence-electron chi connectivity index (χ0n) is 15.0. The highest BCUT2D eigenvalue weighted by Gasteiger charge is 2.34. The first-order chi connectivity index (χ1) is 12.7. The Labute approximate surface area is 153 Å². The quantitative estimate of drug-likeness (QED) is 0.894. The van der Waals surface area contributed by atoms with Gasteiger partial charge in [0.1, 0.15) is 17.9 Å². The van der Waals surface area contributed by atoms with Crippen LogP contribution in [0.2, 0.25) is 0 Å². The summed E-state index contributed by atoms with van der Waals surface area (Å²) in [6.07, 6.45) is 5.18. The summed E-state index contributed by atoms with van der Waals surface area (Å²) in [5.74, 6) is 1.73. The van der Waals surface area contributed by atoms with Crippen molar-refractivity contribution < 1.29 is 9.47 Å². The third kappa shape index (κ3) is 3.70. The smallest absolute Gasteiger partial charge is 0.132 e. The first-order valence-corrected chi connectivity index (χ1v) is 9.23. The molecule has 1 aromatic heterocycles. The molecule has 3 heterocycles. The van der Waals surface area contributed by atoms with Crippen LogP contribution in [-0.2, 0) is 11.2 Å². The molecule has 2 aliphatic rings. The van der Waals surface area contributed by atoms with Crippen molar-refractivity contribution in [3.63, 3.8) is 0 Å². The van der Waals surface area contributed by atoms with Gasteiger partial charge in [-0.2, -0.15) is 0 Å². The molecule has 0 amide bonds. The van der Waals surface area contributed by atoms with E-state index in [0.29, 0.717) is 30.6 Å². The Balaban J connectivity index is 1.54. The molecule has 4 rings (SSSR count). The lowest BCUT2D eigenvalue weighted by Crippen LogP contribution is -2.43. The van der Waals surface area contributed by atoms with E-state index in [9.17, 15) is 0 Å². The number of hydrogen-bond acceptors (Lipinski definition) is 6. The van der Waals surface area contributed by atoms with E-state index in [-0.39, 0.29) is 0 Å². The van der Waals surface area contributed by atoms with E-state index in [1.807, 2.05) is 31.2 Å². The molecule has 136 valence electrons. The van der Waals surface area contributed by atoms with Crippen LogP contribution in [0.1, 0.15) is 31.0 Å². The molecule has 6 heteroatoms. The number of anilines is 1. The number of fused-ring (bicyclic) bond motifs is 2. The van der Waals surface area contributed by atoms with Crippen LogP contribution in [0.5, 0.6) is 5.75 Å². The summed E-state index contributed by atoms with van der Waals surface area (Å²) in [4.78, 5) is 11.2. The lowest BCUT2D eigenvalue weighted by atomic mass is 10.1. The summed E-state index contributed by atoms with van der Waals surface area (Å²) in [7, 11) is 0. The Hall–Kier alpha value is -2.47. The van der Waals surface area contributed by atoms with Crippen LogP contribution >= 0.6 is 0 Å². The molecule has 0 spiro atoms. The van der Waals surface area contributed by atoms with Gasteiger partial charge >= 0.3 is 0 Å². The van der Waals surface area contributed by atoms with Crippen molar-refractivity contribution in [3.05, 3.63) is 53.3 Å². The predicted molar refractivity (Wildman–Crippen MR) is 98.4 cm³/mol. The Kier molecular flexibility index (Phi) is 4.84. The van der Waals surface area contributed by atoms with Gasteiger partial charge < -0.3 is 19.8 Å². The first-order valence-electron chi connectivity index (χ1n) is 9.23. The minimum absolute atomic E-state index is 0.331. The maximum atomic E-state index is 8.25. The van der Waals surface area contributed by atoms with Crippen LogP contribution in [0, 0.1) is 5.41 Å². The second-order valence-electron chi connectivity index (χ2n) is 6.85. The molecule has 1 aromatic carbocycles. The molecule has 0 radical (unpaired) electrons. The number of ether oxygens (including phenoxy) is 2. The molecule has 2 aliphatic heterocycles. The predicted octanol–water partition coefficient (Wildman–Crippen LogP) is 2.31. The van der Waals surface area contributed by atoms with Gasteiger partial charge in [0.25, 0.3) is 0 Å². The fourth-order valence-electron chi connectivity index (χ4n) is 3.67. The van der Waals surface area contributed by atoms with Crippen LogP contribution in [0.3, 0.4) is 0 Å². The molecule has 2 aromatic rings. The normalized spacial score (nSPS) is 21.7. The molecule has 6 nitrogen and oxygen atoms in total. The highest BCUT2D eigenvalue weighted by molar-refractivity contribution is 5.41.